The van der Waals surface area contributed by atoms with Crippen LogP contribution >= 0.6 is 11.6 Å². The van der Waals surface area contributed by atoms with Crippen molar-refractivity contribution in [2.45, 2.75) is 51.0 Å². The number of aliphatic carboxylic acids is 2. The van der Waals surface area contributed by atoms with Crippen molar-refractivity contribution >= 4 is 52.3 Å². The second kappa shape index (κ2) is 12.6. The number of amides is 1. The quantitative estimate of drug-likeness (QED) is 0.167. The summed E-state index contributed by atoms with van der Waals surface area (Å²) >= 11 is 5.84. The van der Waals surface area contributed by atoms with Gasteiger partial charge in [-0.3, -0.25) is 9.88 Å². The van der Waals surface area contributed by atoms with Gasteiger partial charge in [0, 0.05) is 12.1 Å². The van der Waals surface area contributed by atoms with Gasteiger partial charge in [0.25, 0.3) is 5.60 Å². The van der Waals surface area contributed by atoms with Crippen LogP contribution in [0.3, 0.4) is 0 Å². The van der Waals surface area contributed by atoms with E-state index in [1.165, 1.54) is 24.3 Å². The number of aliphatic hydroxyl groups is 1. The van der Waals surface area contributed by atoms with Gasteiger partial charge in [0.05, 0.1) is 19.5 Å². The molecule has 0 radical (unpaired) electrons. The first-order valence-corrected chi connectivity index (χ1v) is 12.1. The molecule has 2 aromatic heterocycles. The number of carbonyl (C=O) groups excluding carboxylic acids is 1. The van der Waals surface area contributed by atoms with Crippen LogP contribution in [-0.4, -0.2) is 90.1 Å². The molecule has 3 heterocycles. The predicted molar refractivity (Wildman–Crippen MR) is 141 cm³/mol. The molecule has 1 aliphatic rings. The van der Waals surface area contributed by atoms with Crippen LogP contribution in [0.2, 0.25) is 5.28 Å². The van der Waals surface area contributed by atoms with Crippen molar-refractivity contribution in [3.05, 3.63) is 41.4 Å². The van der Waals surface area contributed by atoms with E-state index < -0.39 is 61.3 Å². The summed E-state index contributed by atoms with van der Waals surface area (Å²) in [5.41, 5.74) is 3.62. The van der Waals surface area contributed by atoms with Crippen molar-refractivity contribution < 1.29 is 48.3 Å². The molecule has 6 N–H and O–H groups in total. The molecular weight excluding hydrogens is 571 g/mol. The van der Waals surface area contributed by atoms with Gasteiger partial charge in [-0.1, -0.05) is 19.6 Å². The molecule has 1 amide bonds. The number of anilines is 2. The Morgan fingerprint density at radius 3 is 2.49 bits per heavy atom. The Hall–Kier alpha value is -4.12. The number of aliphatic hydroxyl groups excluding tert-OH is 1. The van der Waals surface area contributed by atoms with Gasteiger partial charge in [-0.2, -0.15) is 9.97 Å². The summed E-state index contributed by atoms with van der Waals surface area (Å²) in [6, 6.07) is 5.62. The van der Waals surface area contributed by atoms with Gasteiger partial charge in [-0.15, -0.1) is 0 Å². The third-order valence-electron chi connectivity index (χ3n) is 6.10. The first kappa shape index (κ1) is 31.4. The maximum absolute atomic E-state index is 15.1. The van der Waals surface area contributed by atoms with Crippen LogP contribution in [0, 0.1) is 0 Å². The van der Waals surface area contributed by atoms with E-state index >= 15 is 4.39 Å². The first-order chi connectivity index (χ1) is 19.0. The number of aromatic nitrogens is 4. The van der Waals surface area contributed by atoms with Crippen molar-refractivity contribution in [3.8, 4) is 0 Å². The lowest BCUT2D eigenvalue weighted by Gasteiger charge is -2.27. The monoisotopic (exact) mass is 598 g/mol. The average molecular weight is 599 g/mol. The highest BCUT2D eigenvalue weighted by molar-refractivity contribution is 6.28. The summed E-state index contributed by atoms with van der Waals surface area (Å²) in [6.45, 7) is 0.981. The number of hydrogen-bond acceptors (Lipinski definition) is 11. The van der Waals surface area contributed by atoms with Gasteiger partial charge in [-0.25, -0.2) is 23.8 Å². The second-order valence-electron chi connectivity index (χ2n) is 8.67. The minimum absolute atomic E-state index is 0. The number of nitrogen functional groups attached to an aromatic ring is 1. The van der Waals surface area contributed by atoms with Crippen LogP contribution < -0.4 is 11.1 Å². The molecule has 1 aromatic carbocycles. The molecule has 3 aromatic rings. The number of nitrogens with two attached hydrogens (primary N) is 1. The lowest BCUT2D eigenvalue weighted by Crippen LogP contribution is -2.52. The molecule has 4 rings (SSSR count). The van der Waals surface area contributed by atoms with Crippen molar-refractivity contribution in [3.63, 3.8) is 0 Å². The van der Waals surface area contributed by atoms with E-state index in [4.69, 9.17) is 31.5 Å². The summed E-state index contributed by atoms with van der Waals surface area (Å²) < 4.78 is 32.0. The Bertz CT molecular complexity index is 1410. The third-order valence-corrected chi connectivity index (χ3v) is 6.27. The van der Waals surface area contributed by atoms with Crippen LogP contribution in [0.15, 0.2) is 30.6 Å². The Labute approximate surface area is 237 Å². The molecule has 0 unspecified atom stereocenters. The number of nitrogens with zero attached hydrogens (tertiary/aromatic N) is 4. The SMILES string of the molecule is C.CCOC(=O)Nc1ccc(CC(OC[C@H]2O[C@@H](n3cnc4c(N)nc(Cl)nc43)[C@@H](F)[C@@H]2O)(C(=O)O)C(=O)O)cc1. The third kappa shape index (κ3) is 6.30. The van der Waals surface area contributed by atoms with Gasteiger partial charge < -0.3 is 35.3 Å². The summed E-state index contributed by atoms with van der Waals surface area (Å²) in [6.07, 6.45) is -7.06. The maximum atomic E-state index is 15.1. The molecule has 15 nitrogen and oxygen atoms in total. The normalized spacial score (nSPS) is 20.4. The molecule has 4 atom stereocenters. The fourth-order valence-corrected chi connectivity index (χ4v) is 4.25. The topological polar surface area (TPSA) is 221 Å². The molecule has 0 spiro atoms. The number of nitrogens with one attached hydrogen (secondary N) is 1. The van der Waals surface area contributed by atoms with Crippen LogP contribution in [0.5, 0.6) is 0 Å². The second-order valence-corrected chi connectivity index (χ2v) is 9.01. The Morgan fingerprint density at radius 2 is 1.88 bits per heavy atom. The number of benzene rings is 1. The first-order valence-electron chi connectivity index (χ1n) is 11.7. The van der Waals surface area contributed by atoms with Crippen LogP contribution in [0.1, 0.15) is 26.1 Å². The molecule has 17 heteroatoms. The highest BCUT2D eigenvalue weighted by Gasteiger charge is 2.52. The minimum atomic E-state index is -2.82. The van der Waals surface area contributed by atoms with Gasteiger partial charge in [0.1, 0.15) is 17.7 Å². The fraction of sp³-hybridized carbons (Fsp3) is 0.417. The smallest absolute Gasteiger partial charge is 0.411 e. The number of ether oxygens (including phenoxy) is 3. The number of rotatable bonds is 10. The van der Waals surface area contributed by atoms with E-state index in [-0.39, 0.29) is 41.9 Å². The summed E-state index contributed by atoms with van der Waals surface area (Å²) in [5.74, 6) is -3.74. The predicted octanol–water partition coefficient (Wildman–Crippen LogP) is 2.03. The zero-order valence-electron chi connectivity index (χ0n) is 20.7. The van der Waals surface area contributed by atoms with E-state index in [0.29, 0.717) is 5.69 Å². The molecule has 0 aliphatic carbocycles. The fourth-order valence-electron chi connectivity index (χ4n) is 4.08. The van der Waals surface area contributed by atoms with Crippen molar-refractivity contribution in [1.29, 1.82) is 0 Å². The number of carboxylic acids is 2. The molecule has 1 aliphatic heterocycles. The van der Waals surface area contributed by atoms with Gasteiger partial charge in [-0.05, 0) is 36.2 Å². The lowest BCUT2D eigenvalue weighted by molar-refractivity contribution is -0.190. The summed E-state index contributed by atoms with van der Waals surface area (Å²) in [7, 11) is 0. The number of halogens is 2. The standard InChI is InChI=1S/C23H24ClFN6O9.CH4/c1-2-38-22(37)28-11-5-3-10(4-6-11)7-23(19(33)34,20(35)36)39-8-12-15(32)13(25)18(40-12)31-9-27-14-16(26)29-21(24)30-17(14)31;/h3-6,9,12-13,15,18,32H,2,7-8H2,1H3,(H,28,37)(H,33,34)(H,35,36)(H2,26,29,30);1H4/t12-,13+,15-,18-;/m1./s1. The van der Waals surface area contributed by atoms with E-state index in [1.807, 2.05) is 0 Å². The largest absolute Gasteiger partial charge is 0.479 e. The number of carboxylic acid groups (broad SMARTS) is 2. The van der Waals surface area contributed by atoms with E-state index in [1.54, 1.807) is 6.92 Å². The molecule has 41 heavy (non-hydrogen) atoms. The molecular formula is C24H28ClFN6O9. The van der Waals surface area contributed by atoms with Gasteiger partial charge in [0.2, 0.25) is 5.28 Å². The van der Waals surface area contributed by atoms with Crippen molar-refractivity contribution in [1.82, 2.24) is 19.5 Å². The molecule has 1 saturated heterocycles. The summed E-state index contributed by atoms with van der Waals surface area (Å²) in [4.78, 5) is 47.6. The van der Waals surface area contributed by atoms with E-state index in [0.717, 1.165) is 10.9 Å². The van der Waals surface area contributed by atoms with Crippen LogP contribution in [-0.2, 0) is 30.2 Å². The average Bonchev–Trinajstić information content (AvgIpc) is 3.43. The molecule has 222 valence electrons. The van der Waals surface area contributed by atoms with E-state index in [9.17, 15) is 29.7 Å². The highest BCUT2D eigenvalue weighted by atomic mass is 35.5. The number of imidazole rings is 1. The van der Waals surface area contributed by atoms with Gasteiger partial charge in [0.15, 0.2) is 23.9 Å². The molecule has 0 bridgehead atoms. The van der Waals surface area contributed by atoms with Crippen LogP contribution in [0.25, 0.3) is 11.2 Å². The number of alkyl halides is 1. The molecule has 1 fully saturated rings. The highest BCUT2D eigenvalue weighted by Crippen LogP contribution is 2.35. The Morgan fingerprint density at radius 1 is 1.22 bits per heavy atom. The number of fused-ring (bicyclic) bond motifs is 1. The van der Waals surface area contributed by atoms with Gasteiger partial charge >= 0.3 is 18.0 Å². The Balaban J connectivity index is 0.00000462. The molecule has 0 saturated carbocycles. The maximum Gasteiger partial charge on any atom is 0.411 e. The zero-order chi connectivity index (χ0) is 29.2. The number of carbonyl (C=O) groups is 3. The van der Waals surface area contributed by atoms with Crippen molar-refractivity contribution in [2.75, 3.05) is 24.3 Å². The lowest BCUT2D eigenvalue weighted by atomic mass is 9.94. The van der Waals surface area contributed by atoms with Crippen LogP contribution in [0.4, 0.5) is 20.7 Å². The minimum Gasteiger partial charge on any atom is -0.479 e. The zero-order valence-corrected chi connectivity index (χ0v) is 21.5. The van der Waals surface area contributed by atoms with Crippen molar-refractivity contribution in [2.24, 2.45) is 0 Å². The van der Waals surface area contributed by atoms with E-state index in [2.05, 4.69) is 20.3 Å². The summed E-state index contributed by atoms with van der Waals surface area (Å²) in [5, 5.41) is 32.4. The number of hydrogen-bond donors (Lipinski definition) is 5. The Kier molecular flexibility index (Phi) is 9.65.